The third-order valence-electron chi connectivity index (χ3n) is 4.11. The number of ether oxygens (including phenoxy) is 2. The second kappa shape index (κ2) is 8.79. The Labute approximate surface area is 172 Å². The van der Waals surface area contributed by atoms with Gasteiger partial charge in [0.2, 0.25) is 0 Å². The van der Waals surface area contributed by atoms with Gasteiger partial charge in [-0.15, -0.1) is 0 Å². The van der Waals surface area contributed by atoms with Crippen LogP contribution in [0.25, 0.3) is 0 Å². The fraction of sp³-hybridized carbons (Fsp3) is 0.190. The SMILES string of the molecule is CCOC(=O)c1ccccc1N1C(=O)C(Cl)=C(Nc2ccccc2OCC)C1=O. The van der Waals surface area contributed by atoms with Crippen LogP contribution in [0, 0.1) is 0 Å². The van der Waals surface area contributed by atoms with Gasteiger partial charge in [-0.3, -0.25) is 9.59 Å². The van der Waals surface area contributed by atoms with E-state index in [-0.39, 0.29) is 28.6 Å². The van der Waals surface area contributed by atoms with Crippen molar-refractivity contribution in [2.75, 3.05) is 23.4 Å². The Morgan fingerprint density at radius 1 is 1.00 bits per heavy atom. The highest BCUT2D eigenvalue weighted by Crippen LogP contribution is 2.34. The van der Waals surface area contributed by atoms with Crippen LogP contribution in [0.15, 0.2) is 59.3 Å². The van der Waals surface area contributed by atoms with Crippen molar-refractivity contribution in [3.63, 3.8) is 0 Å². The van der Waals surface area contributed by atoms with Crippen molar-refractivity contribution in [1.29, 1.82) is 0 Å². The molecule has 0 fully saturated rings. The molecule has 8 heteroatoms. The number of benzene rings is 2. The molecule has 0 saturated heterocycles. The Balaban J connectivity index is 1.96. The summed E-state index contributed by atoms with van der Waals surface area (Å²) in [5.41, 5.74) is 0.595. The molecule has 1 aliphatic rings. The molecule has 0 aliphatic carbocycles. The van der Waals surface area contributed by atoms with Crippen molar-refractivity contribution in [3.8, 4) is 5.75 Å². The monoisotopic (exact) mass is 414 g/mol. The number of halogens is 1. The number of para-hydroxylation sites is 3. The Morgan fingerprint density at radius 2 is 1.69 bits per heavy atom. The summed E-state index contributed by atoms with van der Waals surface area (Å²) in [4.78, 5) is 38.9. The maximum atomic E-state index is 13.0. The highest BCUT2D eigenvalue weighted by molar-refractivity contribution is 6.53. The molecule has 1 N–H and O–H groups in total. The standard InChI is InChI=1S/C21H19ClN2O5/c1-3-28-16-12-8-6-10-14(16)23-18-17(22)19(25)24(20(18)26)15-11-7-5-9-13(15)21(27)29-4-2/h5-12,23H,3-4H2,1-2H3. The van der Waals surface area contributed by atoms with Crippen LogP contribution < -0.4 is 15.0 Å². The Kier molecular flexibility index (Phi) is 6.19. The second-order valence-corrected chi connectivity index (χ2v) is 6.30. The Bertz CT molecular complexity index is 1000. The van der Waals surface area contributed by atoms with Crippen molar-refractivity contribution in [2.24, 2.45) is 0 Å². The minimum atomic E-state index is -0.732. The van der Waals surface area contributed by atoms with Crippen molar-refractivity contribution in [3.05, 3.63) is 64.8 Å². The lowest BCUT2D eigenvalue weighted by molar-refractivity contribution is -0.120. The summed E-state index contributed by atoms with van der Waals surface area (Å²) in [6.45, 7) is 4.09. The Hall–Kier alpha value is -3.32. The first kappa shape index (κ1) is 20.4. The van der Waals surface area contributed by atoms with Crippen LogP contribution in [0.2, 0.25) is 0 Å². The molecule has 1 heterocycles. The quantitative estimate of drug-likeness (QED) is 0.549. The molecule has 150 valence electrons. The maximum absolute atomic E-state index is 13.0. The van der Waals surface area contributed by atoms with Crippen LogP contribution in [0.3, 0.4) is 0 Å². The number of rotatable bonds is 7. The molecule has 0 saturated carbocycles. The van der Waals surface area contributed by atoms with E-state index in [1.54, 1.807) is 43.3 Å². The first-order chi connectivity index (χ1) is 14.0. The molecule has 2 amide bonds. The summed E-state index contributed by atoms with van der Waals surface area (Å²) in [7, 11) is 0. The Morgan fingerprint density at radius 3 is 2.41 bits per heavy atom. The number of carbonyl (C=O) groups is 3. The second-order valence-electron chi connectivity index (χ2n) is 5.93. The molecule has 2 aromatic rings. The topological polar surface area (TPSA) is 84.9 Å². The predicted molar refractivity (Wildman–Crippen MR) is 109 cm³/mol. The third kappa shape index (κ3) is 3.95. The molecule has 2 aromatic carbocycles. The molecular weight excluding hydrogens is 396 g/mol. The third-order valence-corrected chi connectivity index (χ3v) is 4.46. The lowest BCUT2D eigenvalue weighted by Crippen LogP contribution is -2.33. The molecule has 0 radical (unpaired) electrons. The van der Waals surface area contributed by atoms with E-state index >= 15 is 0 Å². The highest BCUT2D eigenvalue weighted by atomic mass is 35.5. The number of esters is 1. The number of imide groups is 1. The minimum absolute atomic E-state index is 0.0940. The van der Waals surface area contributed by atoms with Crippen molar-refractivity contribution >= 4 is 40.8 Å². The number of amides is 2. The largest absolute Gasteiger partial charge is 0.492 e. The van der Waals surface area contributed by atoms with Crippen molar-refractivity contribution in [2.45, 2.75) is 13.8 Å². The van der Waals surface area contributed by atoms with E-state index in [1.807, 2.05) is 6.92 Å². The molecule has 1 aliphatic heterocycles. The number of nitrogens with one attached hydrogen (secondary N) is 1. The molecular formula is C21H19ClN2O5. The van der Waals surface area contributed by atoms with E-state index in [0.717, 1.165) is 4.90 Å². The zero-order chi connectivity index (χ0) is 21.0. The maximum Gasteiger partial charge on any atom is 0.340 e. The highest BCUT2D eigenvalue weighted by Gasteiger charge is 2.40. The van der Waals surface area contributed by atoms with Gasteiger partial charge in [-0.1, -0.05) is 35.9 Å². The van der Waals surface area contributed by atoms with Gasteiger partial charge in [-0.25, -0.2) is 9.69 Å². The van der Waals surface area contributed by atoms with Crippen LogP contribution in [0.1, 0.15) is 24.2 Å². The van der Waals surface area contributed by atoms with E-state index in [4.69, 9.17) is 21.1 Å². The fourth-order valence-corrected chi connectivity index (χ4v) is 3.08. The van der Waals surface area contributed by atoms with Crippen LogP contribution in [0.5, 0.6) is 5.75 Å². The summed E-state index contributed by atoms with van der Waals surface area (Å²) in [5, 5.41) is 2.61. The van der Waals surface area contributed by atoms with Gasteiger partial charge in [0.1, 0.15) is 16.5 Å². The summed E-state index contributed by atoms with van der Waals surface area (Å²) >= 11 is 6.19. The van der Waals surface area contributed by atoms with E-state index in [0.29, 0.717) is 18.0 Å². The minimum Gasteiger partial charge on any atom is -0.492 e. The van der Waals surface area contributed by atoms with Gasteiger partial charge in [-0.05, 0) is 38.1 Å². The van der Waals surface area contributed by atoms with Gasteiger partial charge in [0.05, 0.1) is 30.2 Å². The molecule has 0 bridgehead atoms. The summed E-state index contributed by atoms with van der Waals surface area (Å²) < 4.78 is 10.6. The molecule has 0 unspecified atom stereocenters. The average Bonchev–Trinajstić information content (AvgIpc) is 2.93. The number of anilines is 2. The zero-order valence-electron chi connectivity index (χ0n) is 15.9. The molecule has 0 spiro atoms. The summed E-state index contributed by atoms with van der Waals surface area (Å²) in [5.74, 6) is -1.53. The zero-order valence-corrected chi connectivity index (χ0v) is 16.7. The molecule has 29 heavy (non-hydrogen) atoms. The van der Waals surface area contributed by atoms with Crippen LogP contribution in [-0.2, 0) is 14.3 Å². The molecule has 3 rings (SSSR count). The van der Waals surface area contributed by atoms with Gasteiger partial charge >= 0.3 is 5.97 Å². The van der Waals surface area contributed by atoms with Gasteiger partial charge in [0.25, 0.3) is 11.8 Å². The number of carbonyl (C=O) groups excluding carboxylic acids is 3. The summed E-state index contributed by atoms with van der Waals surface area (Å²) in [6.07, 6.45) is 0. The first-order valence-corrected chi connectivity index (χ1v) is 9.40. The van der Waals surface area contributed by atoms with E-state index in [1.165, 1.54) is 12.1 Å². The van der Waals surface area contributed by atoms with Crippen LogP contribution in [-0.4, -0.2) is 31.0 Å². The van der Waals surface area contributed by atoms with Gasteiger partial charge in [-0.2, -0.15) is 0 Å². The average molecular weight is 415 g/mol. The van der Waals surface area contributed by atoms with Gasteiger partial charge < -0.3 is 14.8 Å². The molecule has 0 aromatic heterocycles. The van der Waals surface area contributed by atoms with Crippen molar-refractivity contribution in [1.82, 2.24) is 0 Å². The van der Waals surface area contributed by atoms with E-state index in [9.17, 15) is 14.4 Å². The molecule has 0 atom stereocenters. The number of hydrogen-bond acceptors (Lipinski definition) is 6. The molecule has 7 nitrogen and oxygen atoms in total. The lowest BCUT2D eigenvalue weighted by Gasteiger charge is -2.18. The first-order valence-electron chi connectivity index (χ1n) is 9.03. The summed E-state index contributed by atoms with van der Waals surface area (Å²) in [6, 6.07) is 13.2. The smallest absolute Gasteiger partial charge is 0.340 e. The predicted octanol–water partition coefficient (Wildman–Crippen LogP) is 3.70. The number of hydrogen-bond donors (Lipinski definition) is 1. The number of nitrogens with zero attached hydrogens (tertiary/aromatic N) is 1. The van der Waals surface area contributed by atoms with E-state index in [2.05, 4.69) is 5.32 Å². The van der Waals surface area contributed by atoms with E-state index < -0.39 is 17.8 Å². The lowest BCUT2D eigenvalue weighted by atomic mass is 10.1. The van der Waals surface area contributed by atoms with Gasteiger partial charge in [0.15, 0.2) is 0 Å². The van der Waals surface area contributed by atoms with Gasteiger partial charge in [0, 0.05) is 0 Å². The van der Waals surface area contributed by atoms with Crippen molar-refractivity contribution < 1.29 is 23.9 Å². The van der Waals surface area contributed by atoms with Crippen LogP contribution >= 0.6 is 11.6 Å². The normalized spacial score (nSPS) is 13.7. The van der Waals surface area contributed by atoms with Crippen LogP contribution in [0.4, 0.5) is 11.4 Å². The fourth-order valence-electron chi connectivity index (χ4n) is 2.87.